The van der Waals surface area contributed by atoms with Crippen LogP contribution in [0.4, 0.5) is 0 Å². The molecule has 0 aromatic carbocycles. The maximum absolute atomic E-state index is 12.3. The lowest BCUT2D eigenvalue weighted by atomic mass is 10.2. The highest BCUT2D eigenvalue weighted by atomic mass is 32.2. The SMILES string of the molecule is CCC=C(C)C(=O)N(C(C)CS(C)(=O)=O)C1CC1. The Hall–Kier alpha value is -0.840. The van der Waals surface area contributed by atoms with E-state index in [1.54, 1.807) is 11.8 Å². The summed E-state index contributed by atoms with van der Waals surface area (Å²) < 4.78 is 22.7. The summed E-state index contributed by atoms with van der Waals surface area (Å²) in [5.41, 5.74) is 0.713. The Balaban J connectivity index is 2.83. The Morgan fingerprint density at radius 1 is 1.44 bits per heavy atom. The number of carbonyl (C=O) groups excluding carboxylic acids is 1. The van der Waals surface area contributed by atoms with Crippen molar-refractivity contribution in [1.29, 1.82) is 0 Å². The fraction of sp³-hybridized carbons (Fsp3) is 0.769. The van der Waals surface area contributed by atoms with E-state index in [-0.39, 0.29) is 23.7 Å². The maximum atomic E-state index is 12.3. The molecule has 4 nitrogen and oxygen atoms in total. The molecule has 1 atom stereocenters. The summed E-state index contributed by atoms with van der Waals surface area (Å²) in [6, 6.07) is -0.0188. The van der Waals surface area contributed by atoms with Crippen LogP contribution in [0.25, 0.3) is 0 Å². The van der Waals surface area contributed by atoms with Gasteiger partial charge < -0.3 is 4.90 Å². The fourth-order valence-electron chi connectivity index (χ4n) is 2.19. The van der Waals surface area contributed by atoms with Crippen molar-refractivity contribution < 1.29 is 13.2 Å². The second-order valence-corrected chi connectivity index (χ2v) is 7.37. The monoisotopic (exact) mass is 273 g/mol. The van der Waals surface area contributed by atoms with Crippen LogP contribution in [0.5, 0.6) is 0 Å². The Bertz CT molecular complexity index is 435. The summed E-state index contributed by atoms with van der Waals surface area (Å²) in [6.07, 6.45) is 5.90. The van der Waals surface area contributed by atoms with Crippen molar-refractivity contribution in [1.82, 2.24) is 4.90 Å². The van der Waals surface area contributed by atoms with Crippen molar-refractivity contribution in [2.45, 2.75) is 52.1 Å². The van der Waals surface area contributed by atoms with E-state index in [1.165, 1.54) is 6.26 Å². The van der Waals surface area contributed by atoms with Gasteiger partial charge in [-0.05, 0) is 33.1 Å². The van der Waals surface area contributed by atoms with Crippen LogP contribution >= 0.6 is 0 Å². The molecule has 1 amide bonds. The Kier molecular flexibility index (Phi) is 4.96. The zero-order valence-electron chi connectivity index (χ0n) is 11.6. The van der Waals surface area contributed by atoms with Crippen LogP contribution in [-0.2, 0) is 14.6 Å². The molecule has 0 heterocycles. The van der Waals surface area contributed by atoms with Gasteiger partial charge in [0.1, 0.15) is 9.84 Å². The molecule has 0 spiro atoms. The van der Waals surface area contributed by atoms with Gasteiger partial charge in [-0.25, -0.2) is 8.42 Å². The number of sulfone groups is 1. The first kappa shape index (κ1) is 15.2. The van der Waals surface area contributed by atoms with Gasteiger partial charge in [-0.2, -0.15) is 0 Å². The zero-order valence-corrected chi connectivity index (χ0v) is 12.5. The third-order valence-electron chi connectivity index (χ3n) is 3.04. The minimum atomic E-state index is -3.06. The lowest BCUT2D eigenvalue weighted by Gasteiger charge is -2.29. The van der Waals surface area contributed by atoms with E-state index in [2.05, 4.69) is 0 Å². The van der Waals surface area contributed by atoms with Crippen LogP contribution in [-0.4, -0.2) is 43.3 Å². The highest BCUT2D eigenvalue weighted by Crippen LogP contribution is 2.30. The zero-order chi connectivity index (χ0) is 13.9. The van der Waals surface area contributed by atoms with Crippen LogP contribution in [0.3, 0.4) is 0 Å². The minimum Gasteiger partial charge on any atom is -0.332 e. The standard InChI is InChI=1S/C13H23NO3S/c1-5-6-10(2)13(15)14(12-7-8-12)11(3)9-18(4,16)17/h6,11-12H,5,7-9H2,1-4H3. The van der Waals surface area contributed by atoms with Crippen LogP contribution in [0.2, 0.25) is 0 Å². The summed E-state index contributed by atoms with van der Waals surface area (Å²) in [5, 5.41) is 0. The van der Waals surface area contributed by atoms with Crippen molar-refractivity contribution in [2.24, 2.45) is 0 Å². The number of amides is 1. The maximum Gasteiger partial charge on any atom is 0.249 e. The van der Waals surface area contributed by atoms with Gasteiger partial charge in [0.05, 0.1) is 5.75 Å². The molecule has 0 saturated heterocycles. The summed E-state index contributed by atoms with van der Waals surface area (Å²) >= 11 is 0. The lowest BCUT2D eigenvalue weighted by molar-refractivity contribution is -0.129. The third kappa shape index (κ3) is 4.44. The number of hydrogen-bond acceptors (Lipinski definition) is 3. The molecule has 1 aliphatic carbocycles. The topological polar surface area (TPSA) is 54.5 Å². The first-order valence-corrected chi connectivity index (χ1v) is 8.49. The average Bonchev–Trinajstić information content (AvgIpc) is 2.99. The molecule has 0 N–H and O–H groups in total. The quantitative estimate of drug-likeness (QED) is 0.693. The van der Waals surface area contributed by atoms with Crippen LogP contribution < -0.4 is 0 Å². The van der Waals surface area contributed by atoms with Gasteiger partial charge in [-0.1, -0.05) is 13.0 Å². The number of nitrogens with zero attached hydrogens (tertiary/aromatic N) is 1. The molecule has 104 valence electrons. The largest absolute Gasteiger partial charge is 0.332 e. The summed E-state index contributed by atoms with van der Waals surface area (Å²) in [4.78, 5) is 14.1. The normalized spacial score (nSPS) is 18.6. The Morgan fingerprint density at radius 2 is 2.00 bits per heavy atom. The van der Waals surface area contributed by atoms with E-state index >= 15 is 0 Å². The van der Waals surface area contributed by atoms with E-state index in [1.807, 2.05) is 19.9 Å². The first-order chi connectivity index (χ1) is 8.26. The summed E-state index contributed by atoms with van der Waals surface area (Å²) in [5.74, 6) is 0.0183. The molecular weight excluding hydrogens is 250 g/mol. The van der Waals surface area contributed by atoms with E-state index in [9.17, 15) is 13.2 Å². The fourth-order valence-corrected chi connectivity index (χ4v) is 3.23. The lowest BCUT2D eigenvalue weighted by Crippen LogP contribution is -2.44. The van der Waals surface area contributed by atoms with Crippen molar-refractivity contribution >= 4 is 15.7 Å². The second-order valence-electron chi connectivity index (χ2n) is 5.18. The highest BCUT2D eigenvalue weighted by Gasteiger charge is 2.36. The molecule has 0 aromatic rings. The van der Waals surface area contributed by atoms with E-state index in [4.69, 9.17) is 0 Å². The smallest absolute Gasteiger partial charge is 0.249 e. The molecule has 1 saturated carbocycles. The molecule has 0 radical (unpaired) electrons. The average molecular weight is 273 g/mol. The molecule has 1 aliphatic rings. The predicted molar refractivity (Wildman–Crippen MR) is 73.1 cm³/mol. The van der Waals surface area contributed by atoms with E-state index in [0.717, 1.165) is 19.3 Å². The van der Waals surface area contributed by atoms with Gasteiger partial charge in [0.15, 0.2) is 0 Å². The second kappa shape index (κ2) is 5.87. The summed E-state index contributed by atoms with van der Waals surface area (Å²) in [7, 11) is -3.06. The number of hydrogen-bond donors (Lipinski definition) is 0. The van der Waals surface area contributed by atoms with Crippen molar-refractivity contribution in [2.75, 3.05) is 12.0 Å². The third-order valence-corrected chi connectivity index (χ3v) is 4.13. The number of allylic oxidation sites excluding steroid dienone is 1. The number of rotatable bonds is 6. The molecule has 0 aliphatic heterocycles. The van der Waals surface area contributed by atoms with Crippen molar-refractivity contribution in [3.8, 4) is 0 Å². The molecule has 18 heavy (non-hydrogen) atoms. The number of carbonyl (C=O) groups is 1. The van der Waals surface area contributed by atoms with Gasteiger partial charge in [0, 0.05) is 23.9 Å². The van der Waals surface area contributed by atoms with Gasteiger partial charge in [0.25, 0.3) is 0 Å². The summed E-state index contributed by atoms with van der Waals surface area (Å²) in [6.45, 7) is 5.60. The van der Waals surface area contributed by atoms with Gasteiger partial charge in [0.2, 0.25) is 5.91 Å². The molecule has 1 rings (SSSR count). The van der Waals surface area contributed by atoms with Crippen molar-refractivity contribution in [3.63, 3.8) is 0 Å². The van der Waals surface area contributed by atoms with Crippen LogP contribution in [0.1, 0.15) is 40.0 Å². The van der Waals surface area contributed by atoms with Crippen LogP contribution in [0.15, 0.2) is 11.6 Å². The molecule has 0 bridgehead atoms. The molecule has 1 fully saturated rings. The van der Waals surface area contributed by atoms with Gasteiger partial charge in [-0.3, -0.25) is 4.79 Å². The van der Waals surface area contributed by atoms with E-state index in [0.29, 0.717) is 5.57 Å². The Morgan fingerprint density at radius 3 is 2.39 bits per heavy atom. The predicted octanol–water partition coefficient (Wildman–Crippen LogP) is 1.77. The molecule has 1 unspecified atom stereocenters. The Labute approximate surface area is 110 Å². The highest BCUT2D eigenvalue weighted by molar-refractivity contribution is 7.90. The van der Waals surface area contributed by atoms with Gasteiger partial charge in [-0.15, -0.1) is 0 Å². The molecule has 5 heteroatoms. The molecular formula is C13H23NO3S. The first-order valence-electron chi connectivity index (χ1n) is 6.43. The van der Waals surface area contributed by atoms with E-state index < -0.39 is 9.84 Å². The van der Waals surface area contributed by atoms with Crippen molar-refractivity contribution in [3.05, 3.63) is 11.6 Å². The molecule has 0 aromatic heterocycles. The van der Waals surface area contributed by atoms with Crippen LogP contribution in [0, 0.1) is 0 Å². The minimum absolute atomic E-state index is 0.0181. The van der Waals surface area contributed by atoms with Gasteiger partial charge >= 0.3 is 0 Å².